The molecule has 0 atom stereocenters. The highest BCUT2D eigenvalue weighted by atomic mass is 16.5. The van der Waals surface area contributed by atoms with Gasteiger partial charge >= 0.3 is 5.97 Å². The number of nitriles is 1. The van der Waals surface area contributed by atoms with Gasteiger partial charge in [0, 0.05) is 12.0 Å². The van der Waals surface area contributed by atoms with Gasteiger partial charge in [-0.15, -0.1) is 0 Å². The first-order valence-corrected chi connectivity index (χ1v) is 8.85. The predicted octanol–water partition coefficient (Wildman–Crippen LogP) is 3.49. The standard InChI is InChI=1S/C22H19NO5/c1-15-3-5-16(6-4-15)11-18(13-23)22(25)28-14-19(24)17-7-8-20-21(12-17)27-10-2-9-26-20/h3-8,11-12H,2,9-10,14H2,1H3/b18-11+. The Bertz CT molecular complexity index is 954. The average Bonchev–Trinajstić information content (AvgIpc) is 2.96. The van der Waals surface area contributed by atoms with Crippen molar-refractivity contribution in [3.8, 4) is 17.6 Å². The fraction of sp³-hybridized carbons (Fsp3) is 0.227. The van der Waals surface area contributed by atoms with E-state index >= 15 is 0 Å². The summed E-state index contributed by atoms with van der Waals surface area (Å²) in [5.41, 5.74) is 1.95. The molecule has 28 heavy (non-hydrogen) atoms. The molecule has 3 rings (SSSR count). The third-order valence-corrected chi connectivity index (χ3v) is 4.13. The van der Waals surface area contributed by atoms with E-state index in [0.717, 1.165) is 12.0 Å². The van der Waals surface area contributed by atoms with E-state index in [1.165, 1.54) is 6.08 Å². The van der Waals surface area contributed by atoms with Crippen molar-refractivity contribution >= 4 is 17.8 Å². The molecule has 0 aliphatic carbocycles. The zero-order valence-corrected chi connectivity index (χ0v) is 15.4. The monoisotopic (exact) mass is 377 g/mol. The van der Waals surface area contributed by atoms with Crippen molar-refractivity contribution in [3.63, 3.8) is 0 Å². The number of carbonyl (C=O) groups is 2. The molecule has 6 nitrogen and oxygen atoms in total. The first kappa shape index (κ1) is 19.2. The summed E-state index contributed by atoms with van der Waals surface area (Å²) in [7, 11) is 0. The third kappa shape index (κ3) is 4.77. The van der Waals surface area contributed by atoms with Gasteiger partial charge in [0.05, 0.1) is 13.2 Å². The molecule has 6 heteroatoms. The molecule has 1 aliphatic rings. The number of carbonyl (C=O) groups excluding carboxylic acids is 2. The summed E-state index contributed by atoms with van der Waals surface area (Å²) >= 11 is 0. The number of rotatable bonds is 5. The van der Waals surface area contributed by atoms with Gasteiger partial charge in [0.2, 0.25) is 0 Å². The van der Waals surface area contributed by atoms with Gasteiger partial charge in [0.15, 0.2) is 23.9 Å². The quantitative estimate of drug-likeness (QED) is 0.343. The lowest BCUT2D eigenvalue weighted by Gasteiger charge is -2.09. The van der Waals surface area contributed by atoms with Crippen LogP contribution in [-0.2, 0) is 9.53 Å². The third-order valence-electron chi connectivity index (χ3n) is 4.13. The van der Waals surface area contributed by atoms with Crippen LogP contribution in [0.25, 0.3) is 6.08 Å². The Labute approximate surface area is 162 Å². The second-order valence-corrected chi connectivity index (χ2v) is 6.29. The largest absolute Gasteiger partial charge is 0.490 e. The maximum Gasteiger partial charge on any atom is 0.349 e. The van der Waals surface area contributed by atoms with Crippen LogP contribution in [0, 0.1) is 18.3 Å². The van der Waals surface area contributed by atoms with Crippen molar-refractivity contribution < 1.29 is 23.8 Å². The molecule has 0 bridgehead atoms. The molecular weight excluding hydrogens is 358 g/mol. The number of fused-ring (bicyclic) bond motifs is 1. The van der Waals surface area contributed by atoms with Gasteiger partial charge in [0.1, 0.15) is 11.6 Å². The molecule has 2 aromatic rings. The molecule has 1 heterocycles. The van der Waals surface area contributed by atoms with Crippen molar-refractivity contribution in [1.29, 1.82) is 5.26 Å². The van der Waals surface area contributed by atoms with Gasteiger partial charge in [-0.1, -0.05) is 29.8 Å². The number of ketones is 1. The lowest BCUT2D eigenvalue weighted by Crippen LogP contribution is -2.15. The van der Waals surface area contributed by atoms with Gasteiger partial charge in [-0.3, -0.25) is 4.79 Å². The van der Waals surface area contributed by atoms with Crippen LogP contribution >= 0.6 is 0 Å². The number of Topliss-reactive ketones (excluding diaryl/α,β-unsaturated/α-hetero) is 1. The van der Waals surface area contributed by atoms with E-state index < -0.39 is 18.4 Å². The molecule has 0 N–H and O–H groups in total. The number of ether oxygens (including phenoxy) is 3. The van der Waals surface area contributed by atoms with Crippen molar-refractivity contribution in [2.24, 2.45) is 0 Å². The highest BCUT2D eigenvalue weighted by Crippen LogP contribution is 2.30. The molecule has 0 aromatic heterocycles. The van der Waals surface area contributed by atoms with E-state index in [-0.39, 0.29) is 5.57 Å². The maximum absolute atomic E-state index is 12.4. The lowest BCUT2D eigenvalue weighted by molar-refractivity contribution is -0.137. The number of benzene rings is 2. The highest BCUT2D eigenvalue weighted by molar-refractivity contribution is 6.02. The SMILES string of the molecule is Cc1ccc(/C=C(\C#N)C(=O)OCC(=O)c2ccc3c(c2)OCCCO3)cc1. The van der Waals surface area contributed by atoms with Crippen LogP contribution in [0.1, 0.15) is 27.9 Å². The Balaban J connectivity index is 1.65. The molecule has 2 aromatic carbocycles. The number of nitrogens with zero attached hydrogens (tertiary/aromatic N) is 1. The Morgan fingerprint density at radius 1 is 1.11 bits per heavy atom. The second-order valence-electron chi connectivity index (χ2n) is 6.29. The Kier molecular flexibility index (Phi) is 6.07. The van der Waals surface area contributed by atoms with Gasteiger partial charge in [-0.05, 0) is 36.8 Å². The van der Waals surface area contributed by atoms with Crippen LogP contribution < -0.4 is 9.47 Å². The first-order chi connectivity index (χ1) is 13.6. The van der Waals surface area contributed by atoms with Crippen molar-refractivity contribution in [2.75, 3.05) is 19.8 Å². The summed E-state index contributed by atoms with van der Waals surface area (Å²) in [4.78, 5) is 24.5. The molecule has 0 unspecified atom stereocenters. The van der Waals surface area contributed by atoms with Crippen molar-refractivity contribution in [2.45, 2.75) is 13.3 Å². The summed E-state index contributed by atoms with van der Waals surface area (Å²) in [5, 5.41) is 9.22. The van der Waals surface area contributed by atoms with E-state index in [9.17, 15) is 14.9 Å². The van der Waals surface area contributed by atoms with Crippen LogP contribution in [-0.4, -0.2) is 31.6 Å². The Morgan fingerprint density at radius 3 is 2.54 bits per heavy atom. The van der Waals surface area contributed by atoms with E-state index in [2.05, 4.69) is 0 Å². The summed E-state index contributed by atoms with van der Waals surface area (Å²) in [6, 6.07) is 14.0. The fourth-order valence-electron chi connectivity index (χ4n) is 2.60. The molecule has 1 aliphatic heterocycles. The fourth-order valence-corrected chi connectivity index (χ4v) is 2.60. The molecule has 0 fully saturated rings. The summed E-state index contributed by atoms with van der Waals surface area (Å²) < 4.78 is 16.1. The molecular formula is C22H19NO5. The van der Waals surface area contributed by atoms with Gasteiger partial charge < -0.3 is 14.2 Å². The molecule has 0 amide bonds. The second kappa shape index (κ2) is 8.87. The zero-order chi connectivity index (χ0) is 19.9. The van der Waals surface area contributed by atoms with E-state index in [1.54, 1.807) is 30.3 Å². The minimum absolute atomic E-state index is 0.171. The topological polar surface area (TPSA) is 85.6 Å². The van der Waals surface area contributed by atoms with Crippen LogP contribution in [0.4, 0.5) is 0 Å². The predicted molar refractivity (Wildman–Crippen MR) is 102 cm³/mol. The molecule has 142 valence electrons. The summed E-state index contributed by atoms with van der Waals surface area (Å²) in [6.07, 6.45) is 2.19. The normalized spacial score (nSPS) is 13.2. The van der Waals surface area contributed by atoms with E-state index in [4.69, 9.17) is 14.2 Å². The van der Waals surface area contributed by atoms with Crippen LogP contribution in [0.5, 0.6) is 11.5 Å². The van der Waals surface area contributed by atoms with E-state index in [0.29, 0.717) is 35.8 Å². The minimum atomic E-state index is -0.842. The number of esters is 1. The number of hydrogen-bond acceptors (Lipinski definition) is 6. The number of hydrogen-bond donors (Lipinski definition) is 0. The Morgan fingerprint density at radius 2 is 1.82 bits per heavy atom. The molecule has 0 saturated heterocycles. The van der Waals surface area contributed by atoms with Gasteiger partial charge in [0.25, 0.3) is 0 Å². The van der Waals surface area contributed by atoms with E-state index in [1.807, 2.05) is 25.1 Å². The summed E-state index contributed by atoms with van der Waals surface area (Å²) in [5.74, 6) is -0.159. The van der Waals surface area contributed by atoms with Gasteiger partial charge in [-0.25, -0.2) is 4.79 Å². The molecule has 0 spiro atoms. The maximum atomic E-state index is 12.4. The lowest BCUT2D eigenvalue weighted by atomic mass is 10.1. The average molecular weight is 377 g/mol. The minimum Gasteiger partial charge on any atom is -0.490 e. The molecule has 0 saturated carbocycles. The Hall–Kier alpha value is -3.59. The number of aryl methyl sites for hydroxylation is 1. The van der Waals surface area contributed by atoms with Crippen molar-refractivity contribution in [3.05, 3.63) is 64.7 Å². The molecule has 0 radical (unpaired) electrons. The van der Waals surface area contributed by atoms with Gasteiger partial charge in [-0.2, -0.15) is 5.26 Å². The first-order valence-electron chi connectivity index (χ1n) is 8.85. The highest BCUT2D eigenvalue weighted by Gasteiger charge is 2.17. The van der Waals surface area contributed by atoms with Crippen LogP contribution in [0.15, 0.2) is 48.0 Å². The zero-order valence-electron chi connectivity index (χ0n) is 15.4. The summed E-state index contributed by atoms with van der Waals surface area (Å²) in [6.45, 7) is 2.54. The van der Waals surface area contributed by atoms with Crippen LogP contribution in [0.2, 0.25) is 0 Å². The smallest absolute Gasteiger partial charge is 0.349 e. The van der Waals surface area contributed by atoms with Crippen LogP contribution in [0.3, 0.4) is 0 Å². The van der Waals surface area contributed by atoms with Crippen molar-refractivity contribution in [1.82, 2.24) is 0 Å².